The summed E-state index contributed by atoms with van der Waals surface area (Å²) in [4.78, 5) is 12.4. The van der Waals surface area contributed by atoms with Crippen molar-refractivity contribution < 1.29 is 13.2 Å². The molecule has 2 aromatic rings. The molecule has 0 fully saturated rings. The summed E-state index contributed by atoms with van der Waals surface area (Å²) in [5, 5.41) is 3.00. The minimum Gasteiger partial charge on any atom is -0.350 e. The Balaban J connectivity index is 1.96. The van der Waals surface area contributed by atoms with Crippen molar-refractivity contribution in [1.29, 1.82) is 0 Å². The minimum atomic E-state index is -3.43. The standard InChI is InChI=1S/C23H32N2O3S/c1-6-20-11-13-21(14-12-20)19(4)24-23(26)8-7-15-25(29(5,27)28)22-16-17(2)9-10-18(22)3/h9-14,16,19H,6-8,15H2,1-5H3,(H,24,26)/t19-/m0/s1. The second-order valence-electron chi connectivity index (χ2n) is 7.61. The van der Waals surface area contributed by atoms with Crippen LogP contribution < -0.4 is 9.62 Å². The molecule has 0 bridgehead atoms. The van der Waals surface area contributed by atoms with Crippen LogP contribution in [0.25, 0.3) is 0 Å². The van der Waals surface area contributed by atoms with Crippen molar-refractivity contribution in [2.24, 2.45) is 0 Å². The van der Waals surface area contributed by atoms with Gasteiger partial charge in [-0.3, -0.25) is 9.10 Å². The van der Waals surface area contributed by atoms with Crippen LogP contribution in [0.5, 0.6) is 0 Å². The Morgan fingerprint density at radius 2 is 1.76 bits per heavy atom. The number of rotatable bonds is 9. The summed E-state index contributed by atoms with van der Waals surface area (Å²) >= 11 is 0. The molecule has 0 saturated heterocycles. The topological polar surface area (TPSA) is 66.5 Å². The van der Waals surface area contributed by atoms with Crippen molar-refractivity contribution in [3.05, 3.63) is 64.7 Å². The van der Waals surface area contributed by atoms with Gasteiger partial charge in [0.15, 0.2) is 0 Å². The predicted molar refractivity (Wildman–Crippen MR) is 120 cm³/mol. The molecule has 29 heavy (non-hydrogen) atoms. The Bertz CT molecular complexity index is 937. The van der Waals surface area contributed by atoms with Gasteiger partial charge in [-0.2, -0.15) is 0 Å². The molecule has 1 atom stereocenters. The molecule has 0 heterocycles. The number of anilines is 1. The van der Waals surface area contributed by atoms with Gasteiger partial charge in [0.1, 0.15) is 0 Å². The fourth-order valence-corrected chi connectivity index (χ4v) is 4.29. The molecule has 2 aromatic carbocycles. The van der Waals surface area contributed by atoms with Crippen LogP contribution >= 0.6 is 0 Å². The number of aryl methyl sites for hydroxylation is 3. The van der Waals surface area contributed by atoms with Gasteiger partial charge >= 0.3 is 0 Å². The lowest BCUT2D eigenvalue weighted by Crippen LogP contribution is -2.33. The zero-order valence-corrected chi connectivity index (χ0v) is 18.8. The molecule has 0 radical (unpaired) electrons. The zero-order chi connectivity index (χ0) is 21.6. The Kier molecular flexibility index (Phi) is 7.85. The van der Waals surface area contributed by atoms with E-state index in [2.05, 4.69) is 24.4 Å². The summed E-state index contributed by atoms with van der Waals surface area (Å²) in [6.07, 6.45) is 2.91. The molecule has 0 aliphatic heterocycles. The Labute approximate surface area is 175 Å². The van der Waals surface area contributed by atoms with E-state index in [0.717, 1.165) is 23.1 Å². The first-order valence-corrected chi connectivity index (χ1v) is 11.9. The molecule has 0 unspecified atom stereocenters. The molecule has 1 amide bonds. The van der Waals surface area contributed by atoms with Crippen molar-refractivity contribution in [2.45, 2.75) is 53.0 Å². The summed E-state index contributed by atoms with van der Waals surface area (Å²) in [7, 11) is -3.43. The lowest BCUT2D eigenvalue weighted by atomic mass is 10.0. The summed E-state index contributed by atoms with van der Waals surface area (Å²) in [6, 6.07) is 13.9. The monoisotopic (exact) mass is 416 g/mol. The number of nitrogens with zero attached hydrogens (tertiary/aromatic N) is 1. The summed E-state index contributed by atoms with van der Waals surface area (Å²) < 4.78 is 26.0. The maximum Gasteiger partial charge on any atom is 0.232 e. The third-order valence-corrected chi connectivity index (χ3v) is 6.24. The van der Waals surface area contributed by atoms with Crippen LogP contribution in [-0.2, 0) is 21.2 Å². The van der Waals surface area contributed by atoms with Crippen LogP contribution in [0.1, 0.15) is 55.0 Å². The second-order valence-corrected chi connectivity index (χ2v) is 9.52. The highest BCUT2D eigenvalue weighted by Gasteiger charge is 2.20. The fourth-order valence-electron chi connectivity index (χ4n) is 3.28. The van der Waals surface area contributed by atoms with E-state index in [4.69, 9.17) is 0 Å². The Morgan fingerprint density at radius 3 is 2.34 bits per heavy atom. The maximum atomic E-state index is 12.4. The van der Waals surface area contributed by atoms with E-state index < -0.39 is 10.0 Å². The number of benzene rings is 2. The molecule has 0 aliphatic rings. The van der Waals surface area contributed by atoms with Gasteiger partial charge in [-0.1, -0.05) is 43.3 Å². The molecule has 0 aliphatic carbocycles. The van der Waals surface area contributed by atoms with Crippen molar-refractivity contribution in [3.63, 3.8) is 0 Å². The van der Waals surface area contributed by atoms with Crippen molar-refractivity contribution >= 4 is 21.6 Å². The van der Waals surface area contributed by atoms with Gasteiger partial charge in [-0.15, -0.1) is 0 Å². The predicted octanol–water partition coefficient (Wildman–Crippen LogP) is 4.29. The maximum absolute atomic E-state index is 12.4. The van der Waals surface area contributed by atoms with Crippen LogP contribution in [0.2, 0.25) is 0 Å². The van der Waals surface area contributed by atoms with E-state index in [1.54, 1.807) is 0 Å². The highest BCUT2D eigenvalue weighted by atomic mass is 32.2. The average Bonchev–Trinajstić information content (AvgIpc) is 2.66. The van der Waals surface area contributed by atoms with Crippen molar-refractivity contribution in [1.82, 2.24) is 5.32 Å². The van der Waals surface area contributed by atoms with Crippen LogP contribution in [0.3, 0.4) is 0 Å². The average molecular weight is 417 g/mol. The smallest absolute Gasteiger partial charge is 0.232 e. The van der Waals surface area contributed by atoms with Gasteiger partial charge in [0.2, 0.25) is 15.9 Å². The first-order valence-electron chi connectivity index (χ1n) is 10.0. The summed E-state index contributed by atoms with van der Waals surface area (Å²) in [6.45, 7) is 8.17. The second kappa shape index (κ2) is 9.92. The van der Waals surface area contributed by atoms with E-state index in [1.807, 2.05) is 51.1 Å². The first-order chi connectivity index (χ1) is 13.6. The Hall–Kier alpha value is -2.34. The van der Waals surface area contributed by atoms with E-state index in [0.29, 0.717) is 12.1 Å². The molecular formula is C23H32N2O3S. The molecule has 0 aromatic heterocycles. The number of amides is 1. The highest BCUT2D eigenvalue weighted by Crippen LogP contribution is 2.24. The summed E-state index contributed by atoms with van der Waals surface area (Å²) in [5.74, 6) is -0.0773. The number of hydrogen-bond acceptors (Lipinski definition) is 3. The third-order valence-electron chi connectivity index (χ3n) is 5.06. The van der Waals surface area contributed by atoms with Gasteiger partial charge in [-0.25, -0.2) is 8.42 Å². The lowest BCUT2D eigenvalue weighted by molar-refractivity contribution is -0.121. The van der Waals surface area contributed by atoms with Crippen molar-refractivity contribution in [3.8, 4) is 0 Å². The normalized spacial score (nSPS) is 12.4. The highest BCUT2D eigenvalue weighted by molar-refractivity contribution is 7.92. The Morgan fingerprint density at radius 1 is 1.10 bits per heavy atom. The number of carbonyl (C=O) groups is 1. The molecule has 1 N–H and O–H groups in total. The van der Waals surface area contributed by atoms with E-state index in [-0.39, 0.29) is 24.9 Å². The summed E-state index contributed by atoms with van der Waals surface area (Å²) in [5.41, 5.74) is 4.90. The van der Waals surface area contributed by atoms with Crippen molar-refractivity contribution in [2.75, 3.05) is 17.1 Å². The molecule has 5 nitrogen and oxygen atoms in total. The van der Waals surface area contributed by atoms with E-state index >= 15 is 0 Å². The quantitative estimate of drug-likeness (QED) is 0.663. The van der Waals surface area contributed by atoms with Crippen LogP contribution in [0, 0.1) is 13.8 Å². The van der Waals surface area contributed by atoms with Crippen LogP contribution in [-0.4, -0.2) is 27.1 Å². The third kappa shape index (κ3) is 6.60. The van der Waals surface area contributed by atoms with Gasteiger partial charge in [-0.05, 0) is 61.9 Å². The number of nitrogens with one attached hydrogen (secondary N) is 1. The first kappa shape index (κ1) is 22.9. The fraction of sp³-hybridized carbons (Fsp3) is 0.435. The van der Waals surface area contributed by atoms with Gasteiger partial charge in [0, 0.05) is 13.0 Å². The molecule has 0 spiro atoms. The zero-order valence-electron chi connectivity index (χ0n) is 18.0. The van der Waals surface area contributed by atoms with Crippen LogP contribution in [0.4, 0.5) is 5.69 Å². The van der Waals surface area contributed by atoms with Crippen LogP contribution in [0.15, 0.2) is 42.5 Å². The molecule has 2 rings (SSSR count). The van der Waals surface area contributed by atoms with E-state index in [1.165, 1.54) is 16.1 Å². The van der Waals surface area contributed by atoms with Gasteiger partial charge < -0.3 is 5.32 Å². The molecule has 158 valence electrons. The number of sulfonamides is 1. The SMILES string of the molecule is CCc1ccc([C@H](C)NC(=O)CCCN(c2cc(C)ccc2C)S(C)(=O)=O)cc1. The van der Waals surface area contributed by atoms with Gasteiger partial charge in [0.25, 0.3) is 0 Å². The number of carbonyl (C=O) groups excluding carboxylic acids is 1. The van der Waals surface area contributed by atoms with Gasteiger partial charge in [0.05, 0.1) is 18.0 Å². The largest absolute Gasteiger partial charge is 0.350 e. The molecular weight excluding hydrogens is 384 g/mol. The number of hydrogen-bond donors (Lipinski definition) is 1. The minimum absolute atomic E-state index is 0.0773. The van der Waals surface area contributed by atoms with E-state index in [9.17, 15) is 13.2 Å². The lowest BCUT2D eigenvalue weighted by Gasteiger charge is -2.24. The molecule has 0 saturated carbocycles. The molecule has 6 heteroatoms.